The van der Waals surface area contributed by atoms with E-state index >= 15 is 0 Å². The molecule has 3 aliphatic rings. The molecular weight excluding hydrogens is 376 g/mol. The van der Waals surface area contributed by atoms with Crippen LogP contribution in [0.4, 0.5) is 5.69 Å². The summed E-state index contributed by atoms with van der Waals surface area (Å²) in [5.74, 6) is 1.31. The minimum Gasteiger partial charge on any atom is -0.476 e. The number of anilines is 1. The Morgan fingerprint density at radius 1 is 0.931 bits per heavy atom. The van der Waals surface area contributed by atoms with Gasteiger partial charge in [0.15, 0.2) is 17.6 Å². The van der Waals surface area contributed by atoms with Crippen LogP contribution in [0.1, 0.15) is 10.4 Å². The summed E-state index contributed by atoms with van der Waals surface area (Å²) in [6.45, 7) is 2.35. The molecule has 0 bridgehead atoms. The molecule has 150 valence electrons. The van der Waals surface area contributed by atoms with Crippen molar-refractivity contribution in [3.63, 3.8) is 0 Å². The second kappa shape index (κ2) is 7.29. The predicted molar refractivity (Wildman–Crippen MR) is 102 cm³/mol. The predicted octanol–water partition coefficient (Wildman–Crippen LogP) is 1.68. The van der Waals surface area contributed by atoms with E-state index in [1.807, 2.05) is 18.2 Å². The van der Waals surface area contributed by atoms with Gasteiger partial charge in [0, 0.05) is 18.7 Å². The fourth-order valence-electron chi connectivity index (χ4n) is 3.73. The molecule has 0 radical (unpaired) electrons. The van der Waals surface area contributed by atoms with Crippen molar-refractivity contribution in [1.82, 2.24) is 4.90 Å². The van der Waals surface area contributed by atoms with Crippen LogP contribution < -0.4 is 19.1 Å². The van der Waals surface area contributed by atoms with Crippen molar-refractivity contribution >= 4 is 17.5 Å². The van der Waals surface area contributed by atoms with E-state index in [1.165, 1.54) is 0 Å². The Morgan fingerprint density at radius 2 is 1.72 bits per heavy atom. The van der Waals surface area contributed by atoms with Gasteiger partial charge in [-0.25, -0.2) is 0 Å². The lowest BCUT2D eigenvalue weighted by atomic mass is 10.1. The van der Waals surface area contributed by atoms with Crippen LogP contribution in [0.2, 0.25) is 0 Å². The van der Waals surface area contributed by atoms with Crippen molar-refractivity contribution in [2.24, 2.45) is 0 Å². The molecule has 5 rings (SSSR count). The molecule has 0 spiro atoms. The molecule has 3 heterocycles. The molecule has 0 aromatic heterocycles. The van der Waals surface area contributed by atoms with Gasteiger partial charge in [0.05, 0.1) is 25.4 Å². The van der Waals surface area contributed by atoms with Gasteiger partial charge in [-0.05, 0) is 30.3 Å². The first kappa shape index (κ1) is 17.8. The quantitative estimate of drug-likeness (QED) is 0.769. The number of carbonyl (C=O) groups excluding carboxylic acids is 2. The van der Waals surface area contributed by atoms with Crippen molar-refractivity contribution in [3.05, 3.63) is 48.0 Å². The van der Waals surface area contributed by atoms with Crippen LogP contribution in [0.3, 0.4) is 0 Å². The van der Waals surface area contributed by atoms with Crippen molar-refractivity contribution in [2.45, 2.75) is 6.10 Å². The second-order valence-electron chi connectivity index (χ2n) is 7.00. The standard InChI is InChI=1S/C21H20N2O6/c24-20(14-5-6-17-18(11-14)28-13-27-17)23-12-19(21(25)22-7-9-26-10-8-22)29-16-4-2-1-3-15(16)23/h1-6,11,19H,7-10,12-13H2/t19-/m0/s1. The highest BCUT2D eigenvalue weighted by Crippen LogP contribution is 2.37. The van der Waals surface area contributed by atoms with Crippen LogP contribution >= 0.6 is 0 Å². The molecule has 0 aliphatic carbocycles. The Bertz CT molecular complexity index is 956. The normalized spacial score (nSPS) is 20.1. The average Bonchev–Trinajstić information content (AvgIpc) is 3.26. The van der Waals surface area contributed by atoms with E-state index in [4.69, 9.17) is 18.9 Å². The fraction of sp³-hybridized carbons (Fsp3) is 0.333. The molecule has 0 saturated carbocycles. The summed E-state index contributed by atoms with van der Waals surface area (Å²) in [4.78, 5) is 29.7. The smallest absolute Gasteiger partial charge is 0.265 e. The van der Waals surface area contributed by atoms with E-state index in [-0.39, 0.29) is 25.2 Å². The molecule has 2 aromatic carbocycles. The Balaban J connectivity index is 1.44. The van der Waals surface area contributed by atoms with Crippen molar-refractivity contribution in [3.8, 4) is 17.2 Å². The molecule has 8 heteroatoms. The van der Waals surface area contributed by atoms with Crippen LogP contribution in [0.25, 0.3) is 0 Å². The highest BCUT2D eigenvalue weighted by Gasteiger charge is 2.37. The Hall–Kier alpha value is -3.26. The summed E-state index contributed by atoms with van der Waals surface area (Å²) in [6.07, 6.45) is -0.763. The molecule has 8 nitrogen and oxygen atoms in total. The van der Waals surface area contributed by atoms with Gasteiger partial charge >= 0.3 is 0 Å². The van der Waals surface area contributed by atoms with Gasteiger partial charge in [-0.1, -0.05) is 12.1 Å². The zero-order chi connectivity index (χ0) is 19.8. The lowest BCUT2D eigenvalue weighted by molar-refractivity contribution is -0.142. The Kier molecular flexibility index (Phi) is 4.48. The number of nitrogens with zero attached hydrogens (tertiary/aromatic N) is 2. The molecule has 1 fully saturated rings. The average molecular weight is 396 g/mol. The highest BCUT2D eigenvalue weighted by molar-refractivity contribution is 6.08. The number of morpholine rings is 1. The molecule has 2 aromatic rings. The van der Waals surface area contributed by atoms with E-state index < -0.39 is 6.10 Å². The molecule has 0 N–H and O–H groups in total. The van der Waals surface area contributed by atoms with E-state index in [9.17, 15) is 9.59 Å². The molecule has 29 heavy (non-hydrogen) atoms. The third kappa shape index (κ3) is 3.25. The van der Waals surface area contributed by atoms with Gasteiger partial charge < -0.3 is 28.7 Å². The maximum atomic E-state index is 13.3. The minimum absolute atomic E-state index is 0.133. The third-order valence-corrected chi connectivity index (χ3v) is 5.24. The number of rotatable bonds is 2. The summed E-state index contributed by atoms with van der Waals surface area (Å²) in [5.41, 5.74) is 1.10. The third-order valence-electron chi connectivity index (χ3n) is 5.24. The summed E-state index contributed by atoms with van der Waals surface area (Å²) >= 11 is 0. The minimum atomic E-state index is -0.763. The summed E-state index contributed by atoms with van der Waals surface area (Å²) in [7, 11) is 0. The maximum absolute atomic E-state index is 13.3. The zero-order valence-electron chi connectivity index (χ0n) is 15.7. The molecule has 3 aliphatic heterocycles. The van der Waals surface area contributed by atoms with Crippen LogP contribution in [-0.2, 0) is 9.53 Å². The topological polar surface area (TPSA) is 77.5 Å². The number of ether oxygens (including phenoxy) is 4. The first-order valence-electron chi connectivity index (χ1n) is 9.54. The van der Waals surface area contributed by atoms with Gasteiger partial charge in [-0.2, -0.15) is 0 Å². The van der Waals surface area contributed by atoms with Gasteiger partial charge in [0.25, 0.3) is 11.8 Å². The molecular formula is C21H20N2O6. The van der Waals surface area contributed by atoms with E-state index in [0.29, 0.717) is 54.8 Å². The number of hydrogen-bond acceptors (Lipinski definition) is 6. The first-order valence-corrected chi connectivity index (χ1v) is 9.54. The van der Waals surface area contributed by atoms with Crippen molar-refractivity contribution in [2.75, 3.05) is 44.5 Å². The summed E-state index contributed by atoms with van der Waals surface area (Å²) in [5, 5.41) is 0. The fourth-order valence-corrected chi connectivity index (χ4v) is 3.73. The zero-order valence-corrected chi connectivity index (χ0v) is 15.7. The highest BCUT2D eigenvalue weighted by atomic mass is 16.7. The SMILES string of the molecule is O=C([C@@H]1CN(C(=O)c2ccc3c(c2)OCO3)c2ccccc2O1)N1CCOCC1. The number of amides is 2. The maximum Gasteiger partial charge on any atom is 0.265 e. The van der Waals surface area contributed by atoms with Gasteiger partial charge in [0.2, 0.25) is 6.79 Å². The summed E-state index contributed by atoms with van der Waals surface area (Å²) < 4.78 is 22.0. The first-order chi connectivity index (χ1) is 14.2. The number of benzene rings is 2. The molecule has 2 amide bonds. The van der Waals surface area contributed by atoms with Crippen LogP contribution in [0.15, 0.2) is 42.5 Å². The number of carbonyl (C=O) groups is 2. The van der Waals surface area contributed by atoms with Crippen LogP contribution in [0, 0.1) is 0 Å². The second-order valence-corrected chi connectivity index (χ2v) is 7.00. The number of hydrogen-bond donors (Lipinski definition) is 0. The molecule has 0 unspecified atom stereocenters. The summed E-state index contributed by atoms with van der Waals surface area (Å²) in [6, 6.07) is 12.3. The monoisotopic (exact) mass is 396 g/mol. The Labute approximate surface area is 167 Å². The van der Waals surface area contributed by atoms with Gasteiger partial charge in [0.1, 0.15) is 5.75 Å². The van der Waals surface area contributed by atoms with Crippen molar-refractivity contribution < 1.29 is 28.5 Å². The Morgan fingerprint density at radius 3 is 2.59 bits per heavy atom. The van der Waals surface area contributed by atoms with Crippen LogP contribution in [0.5, 0.6) is 17.2 Å². The number of fused-ring (bicyclic) bond motifs is 2. The van der Waals surface area contributed by atoms with Gasteiger partial charge in [-0.15, -0.1) is 0 Å². The van der Waals surface area contributed by atoms with Crippen molar-refractivity contribution in [1.29, 1.82) is 0 Å². The lowest BCUT2D eigenvalue weighted by Gasteiger charge is -2.37. The van der Waals surface area contributed by atoms with E-state index in [2.05, 4.69) is 0 Å². The molecule has 1 atom stereocenters. The largest absolute Gasteiger partial charge is 0.476 e. The van der Waals surface area contributed by atoms with E-state index in [0.717, 1.165) is 0 Å². The lowest BCUT2D eigenvalue weighted by Crippen LogP contribution is -2.54. The number of para-hydroxylation sites is 2. The van der Waals surface area contributed by atoms with Crippen LogP contribution in [-0.4, -0.2) is 62.5 Å². The van der Waals surface area contributed by atoms with Gasteiger partial charge in [-0.3, -0.25) is 9.59 Å². The van der Waals surface area contributed by atoms with E-state index in [1.54, 1.807) is 34.1 Å². The molecule has 1 saturated heterocycles.